The highest BCUT2D eigenvalue weighted by atomic mass is 30.0. The van der Waals surface area contributed by atoms with Crippen molar-refractivity contribution in [3.8, 4) is 0 Å². The Balaban J connectivity index is 1.49. The zero-order valence-corrected chi connectivity index (χ0v) is 29.5. The van der Waals surface area contributed by atoms with Crippen LogP contribution in [0.3, 0.4) is 0 Å². The minimum atomic E-state index is -0.0597. The predicted octanol–water partition coefficient (Wildman–Crippen LogP) is 2.80. The highest BCUT2D eigenvalue weighted by Crippen LogP contribution is 2.12. The molecule has 2 rings (SSSR count). The molecule has 1 N–H and O–H groups in total. The maximum atomic E-state index is 12.3. The standard InChI is InChI=1S/C26H39N4OSi7/c31-26(16-7-5-3-1-2-4-6-12-21-38(36-34-32)37-35-33)29-19-13-20-30(22-24-14-8-10-17-27-24)23-25-15-9-11-18-28-25/h8-11,14-15,17-18H,1-7,12-13,16,19-23H2,(H,29,31). The van der Waals surface area contributed by atoms with Crippen LogP contribution >= 0.6 is 0 Å². The van der Waals surface area contributed by atoms with E-state index in [-0.39, 0.29) is 13.7 Å². The SMILES string of the molecule is O=C(CCCCCCCCCC[Si]([Si][Si][Si])[Si][Si][Si])NCCCN(Cc1ccccn1)Cc1ccccn1. The first kappa shape index (κ1) is 33.5. The van der Waals surface area contributed by atoms with Gasteiger partial charge in [-0.2, -0.15) is 0 Å². The van der Waals surface area contributed by atoms with Crippen molar-refractivity contribution in [1.29, 1.82) is 0 Å². The highest BCUT2D eigenvalue weighted by Gasteiger charge is 2.10. The molecule has 0 aliphatic carbocycles. The zero-order valence-electron chi connectivity index (χ0n) is 22.5. The first-order valence-corrected chi connectivity index (χ1v) is 26.4. The number of hydrogen-bond donors (Lipinski definition) is 1. The molecule has 12 heteroatoms. The maximum Gasteiger partial charge on any atom is 0.219 e. The van der Waals surface area contributed by atoms with E-state index in [1.54, 1.807) is 0 Å². The lowest BCUT2D eigenvalue weighted by molar-refractivity contribution is -0.121. The number of carbonyl (C=O) groups excluding carboxylic acids is 1. The van der Waals surface area contributed by atoms with E-state index in [1.807, 2.05) is 36.7 Å². The number of rotatable bonds is 23. The number of amides is 1. The average molecular weight is 620 g/mol. The Morgan fingerprint density at radius 1 is 0.789 bits per heavy atom. The molecule has 0 unspecified atom stereocenters. The number of aromatic nitrogens is 2. The van der Waals surface area contributed by atoms with Gasteiger partial charge in [0.05, 0.1) is 11.4 Å². The van der Waals surface area contributed by atoms with Crippen molar-refractivity contribution < 1.29 is 4.79 Å². The van der Waals surface area contributed by atoms with Gasteiger partial charge in [0.2, 0.25) is 5.91 Å². The second-order valence-electron chi connectivity index (χ2n) is 9.36. The molecular formula is C26H39N4OSi7. The van der Waals surface area contributed by atoms with Crippen molar-refractivity contribution in [3.63, 3.8) is 0 Å². The molecular weight excluding hydrogens is 581 g/mol. The molecule has 2 aromatic heterocycles. The lowest BCUT2D eigenvalue weighted by Gasteiger charge is -2.21. The third kappa shape index (κ3) is 17.0. The molecule has 2 aromatic rings. The van der Waals surface area contributed by atoms with Gasteiger partial charge in [-0.05, 0) is 37.1 Å². The molecule has 0 aromatic carbocycles. The smallest absolute Gasteiger partial charge is 0.219 e. The van der Waals surface area contributed by atoms with Gasteiger partial charge >= 0.3 is 0 Å². The monoisotopic (exact) mass is 619 g/mol. The lowest BCUT2D eigenvalue weighted by Crippen LogP contribution is -2.37. The van der Waals surface area contributed by atoms with E-state index in [0.29, 0.717) is 6.42 Å². The third-order valence-electron chi connectivity index (χ3n) is 6.20. The van der Waals surface area contributed by atoms with E-state index in [1.165, 1.54) is 68.1 Å². The minimum Gasteiger partial charge on any atom is -0.356 e. The summed E-state index contributed by atoms with van der Waals surface area (Å²) in [4.78, 5) is 23.6. The first-order chi connectivity index (χ1) is 18.7. The molecule has 0 spiro atoms. The number of pyridine rings is 2. The third-order valence-corrected chi connectivity index (χ3v) is 33.2. The summed E-state index contributed by atoms with van der Waals surface area (Å²) >= 11 is 0. The van der Waals surface area contributed by atoms with Crippen LogP contribution in [0, 0.1) is 0 Å². The molecule has 0 fully saturated rings. The van der Waals surface area contributed by atoms with Crippen molar-refractivity contribution in [3.05, 3.63) is 60.2 Å². The molecule has 0 aliphatic heterocycles. The van der Waals surface area contributed by atoms with E-state index >= 15 is 0 Å². The molecule has 15 radical (unpaired) electrons. The number of carbonyl (C=O) groups is 1. The Morgan fingerprint density at radius 3 is 1.87 bits per heavy atom. The van der Waals surface area contributed by atoms with Gasteiger partial charge in [-0.25, -0.2) is 0 Å². The van der Waals surface area contributed by atoms with Crippen molar-refractivity contribution >= 4 is 67.5 Å². The maximum absolute atomic E-state index is 12.3. The fourth-order valence-corrected chi connectivity index (χ4v) is 38.9. The second kappa shape index (κ2) is 23.0. The lowest BCUT2D eigenvalue weighted by atomic mass is 10.1. The normalized spacial score (nSPS) is 11.4. The van der Waals surface area contributed by atoms with Gasteiger partial charge < -0.3 is 5.32 Å². The van der Waals surface area contributed by atoms with Crippen LogP contribution < -0.4 is 5.32 Å². The van der Waals surface area contributed by atoms with Crippen LogP contribution in [0.2, 0.25) is 6.04 Å². The Hall–Kier alpha value is -0.752. The number of nitrogens with zero attached hydrogens (tertiary/aromatic N) is 3. The largest absolute Gasteiger partial charge is 0.356 e. The average Bonchev–Trinajstić information content (AvgIpc) is 2.93. The van der Waals surface area contributed by atoms with E-state index in [9.17, 15) is 4.79 Å². The van der Waals surface area contributed by atoms with Crippen LogP contribution in [-0.4, -0.2) is 95.4 Å². The molecule has 0 aliphatic rings. The van der Waals surface area contributed by atoms with E-state index < -0.39 is 0 Å². The van der Waals surface area contributed by atoms with Gasteiger partial charge in [-0.1, -0.05) is 63.1 Å². The van der Waals surface area contributed by atoms with Crippen LogP contribution in [0.15, 0.2) is 48.8 Å². The molecule has 0 saturated carbocycles. The van der Waals surface area contributed by atoms with Crippen LogP contribution in [0.4, 0.5) is 0 Å². The minimum absolute atomic E-state index is 0.0597. The van der Waals surface area contributed by atoms with Crippen molar-refractivity contribution in [1.82, 2.24) is 20.2 Å². The van der Waals surface area contributed by atoms with Crippen LogP contribution in [0.5, 0.6) is 0 Å². The van der Waals surface area contributed by atoms with E-state index in [4.69, 9.17) is 0 Å². The summed E-state index contributed by atoms with van der Waals surface area (Å²) in [7, 11) is 11.7. The van der Waals surface area contributed by atoms with Crippen LogP contribution in [-0.2, 0) is 17.9 Å². The number of hydrogen-bond acceptors (Lipinski definition) is 4. The summed E-state index contributed by atoms with van der Waals surface area (Å²) in [5.41, 5.74) is 2.11. The fraction of sp³-hybridized carbons (Fsp3) is 0.577. The molecule has 0 atom stereocenters. The van der Waals surface area contributed by atoms with Gasteiger partial charge in [0, 0.05) is 107 Å². The van der Waals surface area contributed by atoms with E-state index in [2.05, 4.69) is 51.8 Å². The summed E-state index contributed by atoms with van der Waals surface area (Å²) in [6.45, 7) is 3.17. The Labute approximate surface area is 248 Å². The van der Waals surface area contributed by atoms with Gasteiger partial charge in [0.25, 0.3) is 0 Å². The van der Waals surface area contributed by atoms with Gasteiger partial charge in [0.1, 0.15) is 0 Å². The molecule has 38 heavy (non-hydrogen) atoms. The molecule has 197 valence electrons. The number of unbranched alkanes of at least 4 members (excludes halogenated alkanes) is 7. The topological polar surface area (TPSA) is 58.1 Å². The summed E-state index contributed by atoms with van der Waals surface area (Å²) in [6, 6.07) is 13.6. The molecule has 0 saturated heterocycles. The van der Waals surface area contributed by atoms with Crippen molar-refractivity contribution in [2.75, 3.05) is 13.1 Å². The first-order valence-electron chi connectivity index (χ1n) is 13.7. The summed E-state index contributed by atoms with van der Waals surface area (Å²) in [5, 5.41) is 3.12. The molecule has 5 nitrogen and oxygen atoms in total. The predicted molar refractivity (Wildman–Crippen MR) is 167 cm³/mol. The molecule has 2 heterocycles. The van der Waals surface area contributed by atoms with Gasteiger partial charge in [0.15, 0.2) is 0 Å². The van der Waals surface area contributed by atoms with Crippen LogP contribution in [0.25, 0.3) is 0 Å². The van der Waals surface area contributed by atoms with Gasteiger partial charge in [-0.3, -0.25) is 19.7 Å². The fourth-order valence-electron chi connectivity index (χ4n) is 4.23. The Bertz CT molecular complexity index is 791. The zero-order chi connectivity index (χ0) is 27.1. The van der Waals surface area contributed by atoms with Crippen molar-refractivity contribution in [2.45, 2.75) is 83.3 Å². The Morgan fingerprint density at radius 2 is 1.34 bits per heavy atom. The highest BCUT2D eigenvalue weighted by molar-refractivity contribution is 7.66. The Kier molecular flexibility index (Phi) is 20.3. The van der Waals surface area contributed by atoms with E-state index in [0.717, 1.165) is 67.5 Å². The molecule has 1 amide bonds. The summed E-state index contributed by atoms with van der Waals surface area (Å²) in [5.74, 6) is 0.193. The van der Waals surface area contributed by atoms with Gasteiger partial charge in [-0.15, -0.1) is 0 Å². The molecule has 0 bridgehead atoms. The van der Waals surface area contributed by atoms with Crippen LogP contribution in [0.1, 0.15) is 75.6 Å². The quantitative estimate of drug-likeness (QED) is 0.154. The number of nitrogens with one attached hydrogen (secondary N) is 1. The second-order valence-corrected chi connectivity index (χ2v) is 28.9. The summed E-state index contributed by atoms with van der Waals surface area (Å²) < 4.78 is 0. The van der Waals surface area contributed by atoms with Crippen molar-refractivity contribution in [2.24, 2.45) is 0 Å². The summed E-state index contributed by atoms with van der Waals surface area (Å²) in [6.07, 6.45) is 15.6.